The molecule has 19 heavy (non-hydrogen) atoms. The minimum atomic E-state index is 0.0719. The Morgan fingerprint density at radius 2 is 2.11 bits per heavy atom. The highest BCUT2D eigenvalue weighted by molar-refractivity contribution is 9.10. The van der Waals surface area contributed by atoms with Crippen molar-refractivity contribution in [2.24, 2.45) is 0 Å². The predicted molar refractivity (Wildman–Crippen MR) is 83.7 cm³/mol. The highest BCUT2D eigenvalue weighted by Gasteiger charge is 2.13. The molecule has 1 aromatic carbocycles. The second-order valence-electron chi connectivity index (χ2n) is 4.79. The SMILES string of the molecule is CC[C@H](CO)Nc1c(C)c(C)nc2ccc(Br)cc12. The van der Waals surface area contributed by atoms with Crippen molar-refractivity contribution < 1.29 is 5.11 Å². The zero-order valence-corrected chi connectivity index (χ0v) is 13.1. The number of fused-ring (bicyclic) bond motifs is 1. The molecular formula is C15H19BrN2O. The van der Waals surface area contributed by atoms with E-state index in [1.165, 1.54) is 0 Å². The highest BCUT2D eigenvalue weighted by Crippen LogP contribution is 2.30. The molecule has 0 radical (unpaired) electrons. The standard InChI is InChI=1S/C15H19BrN2O/c1-4-12(8-19)18-15-9(2)10(3)17-14-6-5-11(16)7-13(14)15/h5-7,12,19H,4,8H2,1-3H3,(H,17,18)/t12-/m1/s1. The Bertz CT molecular complexity index is 594. The summed E-state index contributed by atoms with van der Waals surface area (Å²) in [5, 5.41) is 13.9. The zero-order valence-electron chi connectivity index (χ0n) is 11.5. The van der Waals surface area contributed by atoms with E-state index in [1.807, 2.05) is 19.1 Å². The second kappa shape index (κ2) is 5.88. The molecule has 0 unspecified atom stereocenters. The van der Waals surface area contributed by atoms with Crippen LogP contribution in [0.25, 0.3) is 10.9 Å². The van der Waals surface area contributed by atoms with Crippen molar-refractivity contribution in [2.75, 3.05) is 11.9 Å². The number of nitrogens with zero attached hydrogens (tertiary/aromatic N) is 1. The maximum atomic E-state index is 9.39. The van der Waals surface area contributed by atoms with Crippen LogP contribution in [-0.2, 0) is 0 Å². The number of benzene rings is 1. The molecule has 0 amide bonds. The molecule has 1 aromatic heterocycles. The third kappa shape index (κ3) is 2.90. The lowest BCUT2D eigenvalue weighted by Crippen LogP contribution is -2.23. The number of halogens is 1. The lowest BCUT2D eigenvalue weighted by atomic mass is 10.1. The first kappa shape index (κ1) is 14.3. The molecule has 0 bridgehead atoms. The lowest BCUT2D eigenvalue weighted by molar-refractivity contribution is 0.272. The van der Waals surface area contributed by atoms with Crippen LogP contribution in [-0.4, -0.2) is 22.7 Å². The fourth-order valence-corrected chi connectivity index (χ4v) is 2.48. The Hall–Kier alpha value is -1.13. The van der Waals surface area contributed by atoms with E-state index in [4.69, 9.17) is 0 Å². The van der Waals surface area contributed by atoms with Crippen LogP contribution >= 0.6 is 15.9 Å². The van der Waals surface area contributed by atoms with Crippen LogP contribution in [0.5, 0.6) is 0 Å². The van der Waals surface area contributed by atoms with E-state index >= 15 is 0 Å². The van der Waals surface area contributed by atoms with Gasteiger partial charge in [0.25, 0.3) is 0 Å². The van der Waals surface area contributed by atoms with E-state index in [0.29, 0.717) is 0 Å². The topological polar surface area (TPSA) is 45.1 Å². The monoisotopic (exact) mass is 322 g/mol. The van der Waals surface area contributed by atoms with Crippen LogP contribution in [0.2, 0.25) is 0 Å². The predicted octanol–water partition coefficient (Wildman–Crippen LogP) is 3.80. The van der Waals surface area contributed by atoms with Crippen LogP contribution in [0.1, 0.15) is 24.6 Å². The van der Waals surface area contributed by atoms with Crippen molar-refractivity contribution in [1.82, 2.24) is 4.98 Å². The first-order valence-corrected chi connectivity index (χ1v) is 7.30. The van der Waals surface area contributed by atoms with Gasteiger partial charge in [-0.2, -0.15) is 0 Å². The van der Waals surface area contributed by atoms with E-state index in [9.17, 15) is 5.11 Å². The Kier molecular flexibility index (Phi) is 4.42. The van der Waals surface area contributed by atoms with E-state index in [2.05, 4.69) is 46.1 Å². The Balaban J connectivity index is 2.61. The van der Waals surface area contributed by atoms with E-state index in [-0.39, 0.29) is 12.6 Å². The van der Waals surface area contributed by atoms with Gasteiger partial charge in [0.1, 0.15) is 0 Å². The molecular weight excluding hydrogens is 304 g/mol. The molecule has 2 aromatic rings. The summed E-state index contributed by atoms with van der Waals surface area (Å²) >= 11 is 3.51. The maximum Gasteiger partial charge on any atom is 0.0726 e. The smallest absolute Gasteiger partial charge is 0.0726 e. The normalized spacial score (nSPS) is 12.7. The number of aryl methyl sites for hydroxylation is 1. The van der Waals surface area contributed by atoms with Gasteiger partial charge in [0.05, 0.1) is 12.1 Å². The average molecular weight is 323 g/mol. The van der Waals surface area contributed by atoms with Gasteiger partial charge in [-0.05, 0) is 44.0 Å². The largest absolute Gasteiger partial charge is 0.394 e. The summed E-state index contributed by atoms with van der Waals surface area (Å²) in [5.41, 5.74) is 4.20. The minimum absolute atomic E-state index is 0.0719. The Labute approximate surface area is 122 Å². The van der Waals surface area contributed by atoms with Crippen molar-refractivity contribution in [3.05, 3.63) is 33.9 Å². The molecule has 0 aliphatic rings. The summed E-state index contributed by atoms with van der Waals surface area (Å²) in [6.45, 7) is 6.28. The van der Waals surface area contributed by atoms with Crippen molar-refractivity contribution in [2.45, 2.75) is 33.2 Å². The molecule has 2 rings (SSSR count). The number of aliphatic hydroxyl groups excluding tert-OH is 1. The summed E-state index contributed by atoms with van der Waals surface area (Å²) < 4.78 is 1.03. The van der Waals surface area contributed by atoms with Gasteiger partial charge in [-0.1, -0.05) is 22.9 Å². The molecule has 0 fully saturated rings. The number of pyridine rings is 1. The molecule has 1 heterocycles. The molecule has 2 N–H and O–H groups in total. The van der Waals surface area contributed by atoms with Gasteiger partial charge in [0.15, 0.2) is 0 Å². The number of aliphatic hydroxyl groups is 1. The average Bonchev–Trinajstić information content (AvgIpc) is 2.40. The van der Waals surface area contributed by atoms with Crippen molar-refractivity contribution in [3.63, 3.8) is 0 Å². The van der Waals surface area contributed by atoms with Gasteiger partial charge in [-0.3, -0.25) is 4.98 Å². The first-order valence-electron chi connectivity index (χ1n) is 6.50. The van der Waals surface area contributed by atoms with E-state index in [1.54, 1.807) is 0 Å². The van der Waals surface area contributed by atoms with Crippen molar-refractivity contribution >= 4 is 32.5 Å². The van der Waals surface area contributed by atoms with Crippen molar-refractivity contribution in [3.8, 4) is 0 Å². The second-order valence-corrected chi connectivity index (χ2v) is 5.71. The van der Waals surface area contributed by atoms with Gasteiger partial charge in [0.2, 0.25) is 0 Å². The molecule has 0 spiro atoms. The molecule has 1 atom stereocenters. The maximum absolute atomic E-state index is 9.39. The summed E-state index contributed by atoms with van der Waals surface area (Å²) in [6.07, 6.45) is 0.882. The quantitative estimate of drug-likeness (QED) is 0.900. The van der Waals surface area contributed by atoms with Gasteiger partial charge in [-0.15, -0.1) is 0 Å². The number of hydrogen-bond donors (Lipinski definition) is 2. The number of aromatic nitrogens is 1. The van der Waals surface area contributed by atoms with Crippen LogP contribution in [0, 0.1) is 13.8 Å². The van der Waals surface area contributed by atoms with Crippen LogP contribution in [0.15, 0.2) is 22.7 Å². The van der Waals surface area contributed by atoms with E-state index < -0.39 is 0 Å². The number of hydrogen-bond acceptors (Lipinski definition) is 3. The third-order valence-electron chi connectivity index (χ3n) is 3.50. The molecule has 0 aliphatic heterocycles. The fourth-order valence-electron chi connectivity index (χ4n) is 2.12. The highest BCUT2D eigenvalue weighted by atomic mass is 79.9. The molecule has 0 saturated heterocycles. The first-order chi connectivity index (χ1) is 9.06. The number of rotatable bonds is 4. The summed E-state index contributed by atoms with van der Waals surface area (Å²) in [6, 6.07) is 6.15. The number of nitrogens with one attached hydrogen (secondary N) is 1. The van der Waals surface area contributed by atoms with Gasteiger partial charge in [0, 0.05) is 27.3 Å². The van der Waals surface area contributed by atoms with E-state index in [0.717, 1.165) is 38.7 Å². The molecule has 4 heteroatoms. The Morgan fingerprint density at radius 3 is 2.74 bits per heavy atom. The van der Waals surface area contributed by atoms with Crippen molar-refractivity contribution in [1.29, 1.82) is 0 Å². The van der Waals surface area contributed by atoms with Gasteiger partial charge >= 0.3 is 0 Å². The molecule has 102 valence electrons. The summed E-state index contributed by atoms with van der Waals surface area (Å²) in [4.78, 5) is 4.61. The Morgan fingerprint density at radius 1 is 1.37 bits per heavy atom. The van der Waals surface area contributed by atoms with Crippen LogP contribution in [0.3, 0.4) is 0 Å². The van der Waals surface area contributed by atoms with Gasteiger partial charge < -0.3 is 10.4 Å². The third-order valence-corrected chi connectivity index (χ3v) is 3.99. The molecule has 0 aliphatic carbocycles. The number of anilines is 1. The fraction of sp³-hybridized carbons (Fsp3) is 0.400. The molecule has 3 nitrogen and oxygen atoms in total. The van der Waals surface area contributed by atoms with Gasteiger partial charge in [-0.25, -0.2) is 0 Å². The zero-order chi connectivity index (χ0) is 14.0. The summed E-state index contributed by atoms with van der Waals surface area (Å²) in [5.74, 6) is 0. The lowest BCUT2D eigenvalue weighted by Gasteiger charge is -2.20. The van der Waals surface area contributed by atoms with Crippen LogP contribution in [0.4, 0.5) is 5.69 Å². The van der Waals surface area contributed by atoms with Crippen LogP contribution < -0.4 is 5.32 Å². The summed E-state index contributed by atoms with van der Waals surface area (Å²) in [7, 11) is 0. The molecule has 0 saturated carbocycles. The minimum Gasteiger partial charge on any atom is -0.394 e.